The molecule has 0 saturated heterocycles. The lowest BCUT2D eigenvalue weighted by molar-refractivity contribution is 0.567. The summed E-state index contributed by atoms with van der Waals surface area (Å²) < 4.78 is 43.4. The standard InChI is InChI=1S/C51H63N.C50H61N.C43H55N/c1-32-19-17-20-33(25-32)41-23-24-43-45(46(41)51(14,15)16)44-40(34-26-35(47(2,3)4)28-36(27-34)48(5,6)7)21-18-22-42(44)52(43)39-30-37(49(8,9)10)29-38(31-39)50(11,12)13;1-46(2,3)34-26-33(27-35(28-34)47(4,5)6)39-22-19-23-41-43(39)44-42(25-24-40(45(44)50(13,14)15)32-20-17-16-18-21-32)51(41)38-30-36(48(7,8)9)29-37(31-38)49(10,11)12;1-27(2)28-21-29(23-30(22-28)40(3,4)5)34-17-15-19-36-38(34)39-35(43(12,13)14)18-16-20-37(39)44(36)33-25-31(41(6,7)8)24-32(26-33)42(9,10)11/h17-31H,1-16H3;16-31H,1-15H3;15-27H,1-14H3/i17D,19D,20D,25D;;. The van der Waals surface area contributed by atoms with Gasteiger partial charge < -0.3 is 13.7 Å². The van der Waals surface area contributed by atoms with Gasteiger partial charge in [0.05, 0.1) is 38.6 Å². The molecule has 0 spiro atoms. The van der Waals surface area contributed by atoms with Crippen LogP contribution in [-0.2, 0) is 75.8 Å². The van der Waals surface area contributed by atoms with Gasteiger partial charge in [-0.05, 0) is 301 Å². The van der Waals surface area contributed by atoms with Crippen molar-refractivity contribution in [2.75, 3.05) is 0 Å². The average molecular weight is 1960 g/mol. The van der Waals surface area contributed by atoms with Crippen molar-refractivity contribution in [2.45, 2.75) is 393 Å². The average Bonchev–Trinajstić information content (AvgIpc) is 1.72. The molecule has 0 radical (unpaired) electrons. The Kier molecular flexibility index (Phi) is 27.0. The molecule has 0 aliphatic carbocycles. The number of rotatable bonds is 9. The highest BCUT2D eigenvalue weighted by Crippen LogP contribution is 2.54. The molecule has 0 aliphatic heterocycles. The highest BCUT2D eigenvalue weighted by molar-refractivity contribution is 6.21. The third-order valence-electron chi connectivity index (χ3n) is 30.6. The van der Waals surface area contributed by atoms with Gasteiger partial charge in [-0.15, -0.1) is 0 Å². The Morgan fingerprint density at radius 3 is 0.748 bits per heavy atom. The predicted molar refractivity (Wildman–Crippen MR) is 650 cm³/mol. The van der Waals surface area contributed by atoms with Crippen LogP contribution in [0.4, 0.5) is 0 Å². The van der Waals surface area contributed by atoms with E-state index in [1.54, 1.807) is 6.92 Å². The van der Waals surface area contributed by atoms with E-state index < -0.39 is 5.41 Å². The summed E-state index contributed by atoms with van der Waals surface area (Å²) >= 11 is 0. The zero-order chi connectivity index (χ0) is 112. The summed E-state index contributed by atoms with van der Waals surface area (Å²) in [6.07, 6.45) is 0. The Morgan fingerprint density at radius 1 is 0.204 bits per heavy atom. The second-order valence-electron chi connectivity index (χ2n) is 57.8. The second kappa shape index (κ2) is 38.2. The van der Waals surface area contributed by atoms with Crippen molar-refractivity contribution in [3.8, 4) is 72.7 Å². The number of hydrogen-bond acceptors (Lipinski definition) is 0. The van der Waals surface area contributed by atoms with Gasteiger partial charge >= 0.3 is 0 Å². The van der Waals surface area contributed by atoms with Gasteiger partial charge in [0, 0.05) is 49.4 Å². The van der Waals surface area contributed by atoms with Crippen LogP contribution in [0.15, 0.2) is 261 Å². The number of nitrogens with zero attached hydrogens (tertiary/aromatic N) is 3. The lowest BCUT2D eigenvalue weighted by Gasteiger charge is -2.27. The van der Waals surface area contributed by atoms with Crippen LogP contribution in [0.3, 0.4) is 0 Å². The summed E-state index contributed by atoms with van der Waals surface area (Å²) in [6.45, 7) is 104. The molecule has 0 unspecified atom stereocenters. The second-order valence-corrected chi connectivity index (χ2v) is 57.8. The quantitative estimate of drug-likeness (QED) is 0.137. The molecule has 0 fully saturated rings. The van der Waals surface area contributed by atoms with Crippen LogP contribution in [0.1, 0.15) is 405 Å². The lowest BCUT2D eigenvalue weighted by Crippen LogP contribution is -2.17. The van der Waals surface area contributed by atoms with Crippen molar-refractivity contribution in [1.29, 1.82) is 0 Å². The summed E-state index contributed by atoms with van der Waals surface area (Å²) in [5.74, 6) is 0.456. The summed E-state index contributed by atoms with van der Waals surface area (Å²) in [4.78, 5) is 0. The molecule has 3 aromatic heterocycles. The molecule has 17 aromatic rings. The van der Waals surface area contributed by atoms with E-state index in [0.717, 1.165) is 44.2 Å². The maximum Gasteiger partial charge on any atom is 0.0632 e. The van der Waals surface area contributed by atoms with E-state index in [2.05, 4.69) is 555 Å². The predicted octanol–water partition coefficient (Wildman–Crippen LogP) is 42.3. The summed E-state index contributed by atoms with van der Waals surface area (Å²) in [7, 11) is 0. The van der Waals surface area contributed by atoms with Gasteiger partial charge in [0.25, 0.3) is 0 Å². The van der Waals surface area contributed by atoms with Crippen molar-refractivity contribution in [2.24, 2.45) is 0 Å². The number of benzene rings is 14. The van der Waals surface area contributed by atoms with E-state index in [9.17, 15) is 2.74 Å². The molecular weight excluding hydrogens is 1770 g/mol. The van der Waals surface area contributed by atoms with Crippen LogP contribution >= 0.6 is 0 Å². The third-order valence-corrected chi connectivity index (χ3v) is 30.6. The fraction of sp³-hybridized carbons (Fsp3) is 0.417. The molecule has 3 heterocycles. The fourth-order valence-electron chi connectivity index (χ4n) is 21.5. The molecule has 770 valence electrons. The highest BCUT2D eigenvalue weighted by Gasteiger charge is 2.37. The number of aromatic nitrogens is 3. The molecule has 0 aliphatic rings. The molecule has 0 bridgehead atoms. The van der Waals surface area contributed by atoms with E-state index in [1.807, 2.05) is 0 Å². The van der Waals surface area contributed by atoms with E-state index >= 15 is 0 Å². The Morgan fingerprint density at radius 2 is 0.463 bits per heavy atom. The van der Waals surface area contributed by atoms with Crippen molar-refractivity contribution in [3.63, 3.8) is 0 Å². The fourth-order valence-corrected chi connectivity index (χ4v) is 21.5. The molecule has 3 nitrogen and oxygen atoms in total. The molecule has 14 aromatic carbocycles. The molecule has 0 N–H and O–H groups in total. The Labute approximate surface area is 894 Å². The maximum absolute atomic E-state index is 9.30. The zero-order valence-corrected chi connectivity index (χ0v) is 98.9. The SMILES string of the molecule is CC(C)(C)c1cc(-c2cccc3c2c2c(C(C)(C)C)c(-c4ccccc4)ccc2n3-c2cc(C(C)(C)C)cc(C(C)(C)C)c2)cc(C(C)(C)C)c1.CC(C)c1cc(-c2cccc3c2c2c(C(C)(C)C)cccc2n3-c2cc(C(C)(C)C)cc(C(C)(C)C)c2)cc(C(C)(C)C)c1.[2H]c1c([2H])c(C)c([2H])c(-c2ccc3c(c2C(C)(C)C)c2c(-c4cc(C(C)(C)C)cc(C(C)(C)C)c4)cccc2n3-c2cc(C(C)(C)C)cc(C(C)(C)C)c2)c1[2H]. The van der Waals surface area contributed by atoms with Crippen molar-refractivity contribution in [1.82, 2.24) is 13.7 Å². The van der Waals surface area contributed by atoms with E-state index in [0.29, 0.717) is 17.0 Å². The molecule has 17 rings (SSSR count). The first-order valence-electron chi connectivity index (χ1n) is 56.6. The van der Waals surface area contributed by atoms with Crippen molar-refractivity contribution >= 4 is 65.4 Å². The minimum Gasteiger partial charge on any atom is -0.309 e. The maximum atomic E-state index is 9.30. The largest absolute Gasteiger partial charge is 0.309 e. The first-order chi connectivity index (χ1) is 69.2. The van der Waals surface area contributed by atoms with Gasteiger partial charge in [-0.2, -0.15) is 0 Å². The summed E-state index contributed by atoms with van der Waals surface area (Å²) in [6, 6.07) is 90.9. The van der Waals surface area contributed by atoms with Gasteiger partial charge in [-0.3, -0.25) is 0 Å². The molecule has 0 saturated carbocycles. The van der Waals surface area contributed by atoms with Crippen LogP contribution in [0.5, 0.6) is 0 Å². The van der Waals surface area contributed by atoms with Gasteiger partial charge in [0.1, 0.15) is 0 Å². The minimum absolute atomic E-state index is 0.00767. The van der Waals surface area contributed by atoms with Crippen LogP contribution in [0, 0.1) is 6.92 Å². The van der Waals surface area contributed by atoms with Gasteiger partial charge in [0.15, 0.2) is 0 Å². The Balaban J connectivity index is 0.000000170. The molecule has 0 amide bonds. The first kappa shape index (κ1) is 104. The monoisotopic (exact) mass is 1950 g/mol. The van der Waals surface area contributed by atoms with Crippen LogP contribution < -0.4 is 0 Å². The molecule has 0 atom stereocenters. The number of fused-ring (bicyclic) bond motifs is 9. The highest BCUT2D eigenvalue weighted by atomic mass is 15.0. The normalized spacial score (nSPS) is 13.8. The first-order valence-corrected chi connectivity index (χ1v) is 54.6. The van der Waals surface area contributed by atoms with E-state index in [4.69, 9.17) is 2.74 Å². The van der Waals surface area contributed by atoms with Crippen molar-refractivity contribution < 1.29 is 5.48 Å². The van der Waals surface area contributed by atoms with E-state index in [1.165, 1.54) is 172 Å². The van der Waals surface area contributed by atoms with Crippen molar-refractivity contribution in [3.05, 3.63) is 350 Å². The summed E-state index contributed by atoms with van der Waals surface area (Å²) in [5.41, 5.74) is 41.9. The zero-order valence-electron chi connectivity index (χ0n) is 103. The summed E-state index contributed by atoms with van der Waals surface area (Å²) in [5, 5.41) is 7.64. The topological polar surface area (TPSA) is 14.8 Å². The van der Waals surface area contributed by atoms with Gasteiger partial charge in [0.2, 0.25) is 0 Å². The lowest BCUT2D eigenvalue weighted by atomic mass is 9.77. The van der Waals surface area contributed by atoms with E-state index in [-0.39, 0.29) is 94.6 Å². The molecule has 147 heavy (non-hydrogen) atoms. The Hall–Kier alpha value is -11.5. The smallest absolute Gasteiger partial charge is 0.0632 e. The van der Waals surface area contributed by atoms with Gasteiger partial charge in [-0.25, -0.2) is 0 Å². The van der Waals surface area contributed by atoms with Crippen LogP contribution in [0.25, 0.3) is 138 Å². The number of hydrogen-bond donors (Lipinski definition) is 0. The van der Waals surface area contributed by atoms with Crippen LogP contribution in [0.2, 0.25) is 0 Å². The molecule has 3 heteroatoms. The Bertz CT molecular complexity index is 7940. The van der Waals surface area contributed by atoms with Gasteiger partial charge in [-0.1, -0.05) is 498 Å². The molecular formula is C144H179N3. The minimum atomic E-state index is -0.427. The van der Waals surface area contributed by atoms with Crippen LogP contribution in [-0.4, -0.2) is 13.7 Å². The third kappa shape index (κ3) is 22.4.